The molecule has 2 nitrogen and oxygen atoms in total. The van der Waals surface area contributed by atoms with Crippen molar-refractivity contribution in [3.05, 3.63) is 51.2 Å². The molecule has 0 aliphatic heterocycles. The molecule has 0 bridgehead atoms. The summed E-state index contributed by atoms with van der Waals surface area (Å²) in [6.45, 7) is 11.6. The summed E-state index contributed by atoms with van der Waals surface area (Å²) in [6, 6.07) is 11.0. The van der Waals surface area contributed by atoms with E-state index < -0.39 is 0 Å². The molecule has 0 fully saturated rings. The van der Waals surface area contributed by atoms with E-state index in [1.165, 1.54) is 20.9 Å². The summed E-state index contributed by atoms with van der Waals surface area (Å²) in [6.07, 6.45) is 0.198. The Hall–Kier alpha value is -1.32. The molecule has 2 aromatic rings. The molecule has 0 radical (unpaired) electrons. The average Bonchev–Trinajstić information content (AvgIpc) is 2.75. The van der Waals surface area contributed by atoms with E-state index in [1.54, 1.807) is 0 Å². The van der Waals surface area contributed by atoms with Crippen LogP contribution < -0.4 is 10.1 Å². The quantitative estimate of drug-likeness (QED) is 0.823. The minimum atomic E-state index is 0.198. The van der Waals surface area contributed by atoms with Gasteiger partial charge < -0.3 is 10.1 Å². The lowest BCUT2D eigenvalue weighted by Crippen LogP contribution is -2.21. The summed E-state index contributed by atoms with van der Waals surface area (Å²) < 4.78 is 5.82. The molecule has 0 saturated carbocycles. The van der Waals surface area contributed by atoms with Crippen LogP contribution in [0.5, 0.6) is 5.75 Å². The van der Waals surface area contributed by atoms with Gasteiger partial charge >= 0.3 is 0 Å². The lowest BCUT2D eigenvalue weighted by Gasteiger charge is -2.18. The zero-order chi connectivity index (χ0) is 15.4. The summed E-state index contributed by atoms with van der Waals surface area (Å²) in [4.78, 5) is 2.76. The van der Waals surface area contributed by atoms with Crippen molar-refractivity contribution in [1.29, 1.82) is 0 Å². The van der Waals surface area contributed by atoms with Gasteiger partial charge in [0.2, 0.25) is 0 Å². The number of ether oxygens (including phenoxy) is 1. The molecular formula is C18H25NOS. The van der Waals surface area contributed by atoms with Gasteiger partial charge in [-0.3, -0.25) is 0 Å². The molecule has 3 heteroatoms. The van der Waals surface area contributed by atoms with E-state index in [9.17, 15) is 0 Å². The first-order chi connectivity index (χ1) is 10.0. The molecule has 0 aliphatic rings. The Bertz CT molecular complexity index is 569. The van der Waals surface area contributed by atoms with E-state index in [2.05, 4.69) is 64.2 Å². The predicted octanol–water partition coefficient (Wildman–Crippen LogP) is 4.85. The van der Waals surface area contributed by atoms with Crippen LogP contribution in [0.2, 0.25) is 0 Å². The first kappa shape index (κ1) is 16.1. The molecule has 1 aromatic carbocycles. The van der Waals surface area contributed by atoms with Crippen LogP contribution in [0.1, 0.15) is 47.7 Å². The highest BCUT2D eigenvalue weighted by Gasteiger charge is 2.16. The van der Waals surface area contributed by atoms with E-state index in [0.717, 1.165) is 12.3 Å². The van der Waals surface area contributed by atoms with E-state index >= 15 is 0 Å². The predicted molar refractivity (Wildman–Crippen MR) is 91.5 cm³/mol. The van der Waals surface area contributed by atoms with Crippen LogP contribution in [0.4, 0.5) is 0 Å². The molecule has 0 saturated heterocycles. The summed E-state index contributed by atoms with van der Waals surface area (Å²) in [7, 11) is 0. The van der Waals surface area contributed by atoms with Crippen molar-refractivity contribution in [2.75, 3.05) is 6.54 Å². The second-order valence-electron chi connectivity index (χ2n) is 5.62. The van der Waals surface area contributed by atoms with Gasteiger partial charge in [0.25, 0.3) is 0 Å². The van der Waals surface area contributed by atoms with Gasteiger partial charge in [-0.1, -0.05) is 19.1 Å². The SMILES string of the molecule is CCNC(c1cccc(OC(C)C)c1)c1cc(C)c(C)s1. The topological polar surface area (TPSA) is 21.3 Å². The number of hydrogen-bond donors (Lipinski definition) is 1. The third kappa shape index (κ3) is 4.08. The molecule has 2 rings (SSSR count). The molecule has 0 spiro atoms. The standard InChI is InChI=1S/C18H25NOS/c1-6-19-18(17-10-13(4)14(5)21-17)15-8-7-9-16(11-15)20-12(2)3/h7-12,18-19H,6H2,1-5H3. The molecule has 1 atom stereocenters. The highest BCUT2D eigenvalue weighted by atomic mass is 32.1. The minimum Gasteiger partial charge on any atom is -0.491 e. The fraction of sp³-hybridized carbons (Fsp3) is 0.444. The third-order valence-corrected chi connectivity index (χ3v) is 4.66. The zero-order valence-electron chi connectivity index (χ0n) is 13.6. The number of nitrogens with one attached hydrogen (secondary N) is 1. The molecular weight excluding hydrogens is 278 g/mol. The fourth-order valence-electron chi connectivity index (χ4n) is 2.37. The smallest absolute Gasteiger partial charge is 0.120 e. The Balaban J connectivity index is 2.33. The van der Waals surface area contributed by atoms with E-state index in [1.807, 2.05) is 17.4 Å². The molecule has 114 valence electrons. The maximum absolute atomic E-state index is 5.82. The lowest BCUT2D eigenvalue weighted by atomic mass is 10.0. The Morgan fingerprint density at radius 2 is 1.95 bits per heavy atom. The van der Waals surface area contributed by atoms with Gasteiger partial charge in [0.15, 0.2) is 0 Å². The molecule has 1 heterocycles. The van der Waals surface area contributed by atoms with Gasteiger partial charge in [-0.05, 0) is 63.6 Å². The number of hydrogen-bond acceptors (Lipinski definition) is 3. The van der Waals surface area contributed by atoms with Crippen LogP contribution in [-0.2, 0) is 0 Å². The van der Waals surface area contributed by atoms with Crippen LogP contribution >= 0.6 is 11.3 Å². The van der Waals surface area contributed by atoms with Gasteiger partial charge in [-0.25, -0.2) is 0 Å². The number of thiophene rings is 1. The maximum atomic E-state index is 5.82. The Labute approximate surface area is 132 Å². The highest BCUT2D eigenvalue weighted by molar-refractivity contribution is 7.12. The second-order valence-corrected chi connectivity index (χ2v) is 6.91. The van der Waals surface area contributed by atoms with Crippen LogP contribution in [0, 0.1) is 13.8 Å². The Kier molecular flexibility index (Phi) is 5.43. The third-order valence-electron chi connectivity index (χ3n) is 3.44. The Morgan fingerprint density at radius 1 is 1.19 bits per heavy atom. The minimum absolute atomic E-state index is 0.198. The second kappa shape index (κ2) is 7.10. The zero-order valence-corrected chi connectivity index (χ0v) is 14.4. The van der Waals surface area contributed by atoms with Gasteiger partial charge in [-0.15, -0.1) is 11.3 Å². The summed E-state index contributed by atoms with van der Waals surface area (Å²) in [5, 5.41) is 3.59. The summed E-state index contributed by atoms with van der Waals surface area (Å²) in [5.74, 6) is 0.940. The molecule has 0 aliphatic carbocycles. The monoisotopic (exact) mass is 303 g/mol. The molecule has 21 heavy (non-hydrogen) atoms. The highest BCUT2D eigenvalue weighted by Crippen LogP contribution is 2.32. The van der Waals surface area contributed by atoms with Crippen molar-refractivity contribution in [2.45, 2.75) is 46.8 Å². The van der Waals surface area contributed by atoms with Crippen molar-refractivity contribution in [3.8, 4) is 5.75 Å². The Morgan fingerprint density at radius 3 is 2.52 bits per heavy atom. The summed E-state index contributed by atoms with van der Waals surface area (Å²) >= 11 is 1.87. The van der Waals surface area contributed by atoms with Crippen molar-refractivity contribution < 1.29 is 4.74 Å². The first-order valence-electron chi connectivity index (χ1n) is 7.58. The van der Waals surface area contributed by atoms with Gasteiger partial charge in [0.05, 0.1) is 12.1 Å². The number of aryl methyl sites for hydroxylation is 2. The van der Waals surface area contributed by atoms with Gasteiger partial charge in [0.1, 0.15) is 5.75 Å². The maximum Gasteiger partial charge on any atom is 0.120 e. The molecule has 0 amide bonds. The van der Waals surface area contributed by atoms with Crippen molar-refractivity contribution >= 4 is 11.3 Å². The van der Waals surface area contributed by atoms with Gasteiger partial charge in [0, 0.05) is 9.75 Å². The molecule has 1 N–H and O–H groups in total. The normalized spacial score (nSPS) is 12.7. The van der Waals surface area contributed by atoms with Crippen LogP contribution in [0.3, 0.4) is 0 Å². The lowest BCUT2D eigenvalue weighted by molar-refractivity contribution is 0.242. The van der Waals surface area contributed by atoms with Crippen LogP contribution in [0.15, 0.2) is 30.3 Å². The van der Waals surface area contributed by atoms with Crippen LogP contribution in [-0.4, -0.2) is 12.6 Å². The van der Waals surface area contributed by atoms with E-state index in [0.29, 0.717) is 0 Å². The van der Waals surface area contributed by atoms with Crippen molar-refractivity contribution in [3.63, 3.8) is 0 Å². The largest absolute Gasteiger partial charge is 0.491 e. The average molecular weight is 303 g/mol. The van der Waals surface area contributed by atoms with Crippen LogP contribution in [0.25, 0.3) is 0 Å². The molecule has 1 unspecified atom stereocenters. The number of benzene rings is 1. The van der Waals surface area contributed by atoms with Crippen molar-refractivity contribution in [1.82, 2.24) is 5.32 Å². The number of rotatable bonds is 6. The fourth-order valence-corrected chi connectivity index (χ4v) is 3.52. The van der Waals surface area contributed by atoms with Gasteiger partial charge in [-0.2, -0.15) is 0 Å². The van der Waals surface area contributed by atoms with E-state index in [-0.39, 0.29) is 12.1 Å². The molecule has 1 aromatic heterocycles. The summed E-state index contributed by atoms with van der Waals surface area (Å²) in [5.41, 5.74) is 2.63. The van der Waals surface area contributed by atoms with Crippen molar-refractivity contribution in [2.24, 2.45) is 0 Å². The van der Waals surface area contributed by atoms with E-state index in [4.69, 9.17) is 4.74 Å². The first-order valence-corrected chi connectivity index (χ1v) is 8.39.